The van der Waals surface area contributed by atoms with E-state index in [9.17, 15) is 13.6 Å². The predicted molar refractivity (Wildman–Crippen MR) is 142 cm³/mol. The van der Waals surface area contributed by atoms with E-state index in [0.29, 0.717) is 30.0 Å². The van der Waals surface area contributed by atoms with Gasteiger partial charge in [0.2, 0.25) is 0 Å². The Morgan fingerprint density at radius 3 is 2.70 bits per heavy atom. The van der Waals surface area contributed by atoms with Crippen molar-refractivity contribution in [3.63, 3.8) is 0 Å². The number of Topliss-reactive ketones (excluding diaryl/α,β-unsaturated/α-hetero) is 1. The van der Waals surface area contributed by atoms with Gasteiger partial charge in [0.15, 0.2) is 23.3 Å². The molecule has 5 rings (SSSR count). The summed E-state index contributed by atoms with van der Waals surface area (Å²) in [6.07, 6.45) is 8.68. The van der Waals surface area contributed by atoms with Gasteiger partial charge in [-0.15, -0.1) is 0 Å². The number of fused-ring (bicyclic) bond motifs is 1. The number of aliphatic imine (C=N–C) groups is 3. The third-order valence-corrected chi connectivity index (χ3v) is 6.72. The van der Waals surface area contributed by atoms with Gasteiger partial charge in [-0.3, -0.25) is 9.79 Å². The Bertz CT molecular complexity index is 1430. The number of halogens is 2. The zero-order valence-corrected chi connectivity index (χ0v) is 20.8. The molecule has 37 heavy (non-hydrogen) atoms. The smallest absolute Gasteiger partial charge is 0.169 e. The van der Waals surface area contributed by atoms with E-state index in [2.05, 4.69) is 23.0 Å². The van der Waals surface area contributed by atoms with Crippen LogP contribution < -0.4 is 0 Å². The predicted octanol–water partition coefficient (Wildman–Crippen LogP) is 6.65. The van der Waals surface area contributed by atoms with Gasteiger partial charge in [-0.2, -0.15) is 0 Å². The molecule has 188 valence electrons. The summed E-state index contributed by atoms with van der Waals surface area (Å²) in [5.74, 6) is -0.826. The minimum absolute atomic E-state index is 0.0264. The molecule has 1 unspecified atom stereocenters. The highest BCUT2D eigenvalue weighted by Gasteiger charge is 2.23. The Balaban J connectivity index is 1.35. The largest absolute Gasteiger partial charge is 0.498 e. The van der Waals surface area contributed by atoms with Crippen LogP contribution in [0, 0.1) is 11.6 Å². The van der Waals surface area contributed by atoms with E-state index in [1.54, 1.807) is 13.1 Å². The number of benzene rings is 2. The maximum absolute atomic E-state index is 14.3. The van der Waals surface area contributed by atoms with Gasteiger partial charge in [0.1, 0.15) is 5.71 Å². The first-order chi connectivity index (χ1) is 17.9. The second kappa shape index (κ2) is 10.5. The molecule has 0 radical (unpaired) electrons. The van der Waals surface area contributed by atoms with E-state index in [1.165, 1.54) is 17.7 Å². The summed E-state index contributed by atoms with van der Waals surface area (Å²) in [5, 5.41) is 0. The van der Waals surface area contributed by atoms with Crippen LogP contribution in [0.2, 0.25) is 0 Å². The normalized spacial score (nSPS) is 19.5. The molecular weight excluding hydrogens is 472 g/mol. The molecule has 0 saturated carbocycles. The van der Waals surface area contributed by atoms with Crippen molar-refractivity contribution in [1.82, 2.24) is 0 Å². The van der Waals surface area contributed by atoms with Crippen molar-refractivity contribution in [1.29, 1.82) is 0 Å². The molecule has 0 aliphatic carbocycles. The Morgan fingerprint density at radius 2 is 1.92 bits per heavy atom. The quantitative estimate of drug-likeness (QED) is 0.432. The lowest BCUT2D eigenvalue weighted by atomic mass is 9.96. The number of hydrogen-bond acceptors (Lipinski definition) is 5. The van der Waals surface area contributed by atoms with Crippen LogP contribution >= 0.6 is 0 Å². The lowest BCUT2D eigenvalue weighted by Gasteiger charge is -2.16. The van der Waals surface area contributed by atoms with Gasteiger partial charge in [-0.05, 0) is 56.0 Å². The monoisotopic (exact) mass is 499 g/mol. The fourth-order valence-corrected chi connectivity index (χ4v) is 4.59. The summed E-state index contributed by atoms with van der Waals surface area (Å²) < 4.78 is 34.1. The summed E-state index contributed by atoms with van der Waals surface area (Å²) in [6.45, 7) is 4.26. The van der Waals surface area contributed by atoms with Crippen LogP contribution in [0.3, 0.4) is 0 Å². The van der Waals surface area contributed by atoms with Gasteiger partial charge in [0.05, 0.1) is 29.7 Å². The summed E-state index contributed by atoms with van der Waals surface area (Å²) in [5.41, 5.74) is 5.28. The Morgan fingerprint density at radius 1 is 1.11 bits per heavy atom. The third-order valence-electron chi connectivity index (χ3n) is 6.72. The number of amidine groups is 1. The number of carbonyl (C=O) groups is 1. The fourth-order valence-electron chi connectivity index (χ4n) is 4.59. The molecule has 3 aliphatic rings. The molecule has 5 nitrogen and oxygen atoms in total. The number of hydrogen-bond donors (Lipinski definition) is 0. The van der Waals surface area contributed by atoms with Crippen molar-refractivity contribution in [2.24, 2.45) is 15.0 Å². The van der Waals surface area contributed by atoms with Crippen LogP contribution in [-0.4, -0.2) is 36.2 Å². The van der Waals surface area contributed by atoms with Gasteiger partial charge < -0.3 is 4.74 Å². The molecule has 0 N–H and O–H groups in total. The third kappa shape index (κ3) is 5.40. The van der Waals surface area contributed by atoms with Crippen LogP contribution in [0.15, 0.2) is 86.6 Å². The molecule has 3 heterocycles. The standard InChI is InChI=1S/C30H27F2N3O2/c1-18-13-14-37-23(16-25(18)21-11-9-20(10-12-21)19(2)36)15-22-5-3-8-27-28(17-33-22)35-30(34-27)24-6-4-7-26(31)29(24)32/h4,6-12,16-17,22H,3,5,13-15H2,1-2H3. The summed E-state index contributed by atoms with van der Waals surface area (Å²) in [6, 6.07) is 11.6. The zero-order chi connectivity index (χ0) is 25.9. The Hall–Kier alpha value is -4.00. The molecular formula is C30H27F2N3O2. The van der Waals surface area contributed by atoms with Crippen molar-refractivity contribution in [2.45, 2.75) is 45.6 Å². The van der Waals surface area contributed by atoms with E-state index in [4.69, 9.17) is 9.73 Å². The molecule has 0 saturated heterocycles. The van der Waals surface area contributed by atoms with Crippen molar-refractivity contribution < 1.29 is 18.3 Å². The lowest BCUT2D eigenvalue weighted by molar-refractivity contribution is 0.101. The Kier molecular flexibility index (Phi) is 7.04. The van der Waals surface area contributed by atoms with Crippen molar-refractivity contribution >= 4 is 29.1 Å². The minimum Gasteiger partial charge on any atom is -0.498 e. The van der Waals surface area contributed by atoms with Gasteiger partial charge in [0, 0.05) is 24.6 Å². The number of allylic oxidation sites excluding steroid dienone is 4. The molecule has 7 heteroatoms. The lowest BCUT2D eigenvalue weighted by Crippen LogP contribution is -2.13. The molecule has 0 bridgehead atoms. The summed E-state index contributed by atoms with van der Waals surface area (Å²) in [4.78, 5) is 25.3. The topological polar surface area (TPSA) is 63.4 Å². The number of ether oxygens (including phenoxy) is 1. The highest BCUT2D eigenvalue weighted by Crippen LogP contribution is 2.30. The molecule has 0 spiro atoms. The van der Waals surface area contributed by atoms with Crippen LogP contribution in [0.4, 0.5) is 8.78 Å². The van der Waals surface area contributed by atoms with Crippen molar-refractivity contribution in [3.8, 4) is 0 Å². The second-order valence-corrected chi connectivity index (χ2v) is 9.37. The van der Waals surface area contributed by atoms with Gasteiger partial charge in [-0.25, -0.2) is 18.8 Å². The average molecular weight is 500 g/mol. The molecule has 0 aromatic heterocycles. The maximum Gasteiger partial charge on any atom is 0.169 e. The van der Waals surface area contributed by atoms with E-state index in [-0.39, 0.29) is 23.2 Å². The van der Waals surface area contributed by atoms with Crippen LogP contribution in [0.5, 0.6) is 0 Å². The van der Waals surface area contributed by atoms with Crippen LogP contribution in [0.25, 0.3) is 5.57 Å². The van der Waals surface area contributed by atoms with Crippen LogP contribution in [0.1, 0.15) is 61.0 Å². The highest BCUT2D eigenvalue weighted by molar-refractivity contribution is 6.43. The molecule has 3 aliphatic heterocycles. The number of carbonyl (C=O) groups excluding carboxylic acids is 1. The highest BCUT2D eigenvalue weighted by atomic mass is 19.2. The van der Waals surface area contributed by atoms with E-state index < -0.39 is 11.6 Å². The Labute approximate surface area is 214 Å². The molecule has 0 fully saturated rings. The van der Waals surface area contributed by atoms with E-state index in [0.717, 1.165) is 42.2 Å². The van der Waals surface area contributed by atoms with E-state index >= 15 is 0 Å². The maximum atomic E-state index is 14.3. The fraction of sp³-hybridized carbons (Fsp3) is 0.267. The van der Waals surface area contributed by atoms with Gasteiger partial charge in [0.25, 0.3) is 0 Å². The van der Waals surface area contributed by atoms with E-state index in [1.807, 2.05) is 30.3 Å². The molecule has 2 aromatic rings. The summed E-state index contributed by atoms with van der Waals surface area (Å²) >= 11 is 0. The van der Waals surface area contributed by atoms with Crippen molar-refractivity contribution in [3.05, 3.63) is 100.0 Å². The zero-order valence-electron chi connectivity index (χ0n) is 20.8. The molecule has 1 atom stereocenters. The molecule has 0 amide bonds. The van der Waals surface area contributed by atoms with Crippen molar-refractivity contribution in [2.75, 3.05) is 6.61 Å². The number of nitrogens with zero attached hydrogens (tertiary/aromatic N) is 3. The first-order valence-corrected chi connectivity index (χ1v) is 12.4. The first-order valence-electron chi connectivity index (χ1n) is 12.4. The minimum atomic E-state index is -0.956. The number of ketones is 1. The second-order valence-electron chi connectivity index (χ2n) is 9.37. The number of rotatable bonds is 5. The SMILES string of the molecule is CC(=O)c1ccc(C2=C(C)CCOC(CC3CCC=C4N=C(c5cccc(F)c5F)N=C4C=N3)=C2)cc1. The van der Waals surface area contributed by atoms with Crippen LogP contribution in [-0.2, 0) is 4.74 Å². The average Bonchev–Trinajstić information content (AvgIpc) is 3.17. The van der Waals surface area contributed by atoms with Gasteiger partial charge in [-0.1, -0.05) is 42.0 Å². The van der Waals surface area contributed by atoms with Gasteiger partial charge >= 0.3 is 0 Å². The molecule has 2 aromatic carbocycles. The first kappa shape index (κ1) is 24.7. The summed E-state index contributed by atoms with van der Waals surface area (Å²) in [7, 11) is 0.